The molecule has 4 aromatic rings. The third-order valence-corrected chi connectivity index (χ3v) is 6.75. The Kier molecular flexibility index (Phi) is 5.97. The van der Waals surface area contributed by atoms with Crippen molar-refractivity contribution < 1.29 is 14.3 Å². The smallest absolute Gasteiger partial charge is 0.341 e. The van der Waals surface area contributed by atoms with E-state index in [0.717, 1.165) is 52.9 Å². The minimum Gasteiger partial charge on any atom is -0.493 e. The maximum Gasteiger partial charge on any atom is 0.341 e. The number of benzene rings is 2. The van der Waals surface area contributed by atoms with Gasteiger partial charge in [0.05, 0.1) is 12.2 Å². The van der Waals surface area contributed by atoms with Crippen molar-refractivity contribution in [3.8, 4) is 5.75 Å². The predicted molar refractivity (Wildman–Crippen MR) is 138 cm³/mol. The van der Waals surface area contributed by atoms with Crippen LogP contribution in [0.25, 0.3) is 10.9 Å². The quantitative estimate of drug-likeness (QED) is 0.318. The zero-order valence-electron chi connectivity index (χ0n) is 20.7. The van der Waals surface area contributed by atoms with Gasteiger partial charge < -0.3 is 19.4 Å². The molecule has 1 unspecified atom stereocenters. The molecule has 1 aliphatic rings. The molecule has 6 heteroatoms. The molecule has 0 amide bonds. The number of carbonyl (C=O) groups is 1. The maximum atomic E-state index is 13.3. The van der Waals surface area contributed by atoms with Crippen molar-refractivity contribution in [2.24, 2.45) is 0 Å². The second kappa shape index (κ2) is 9.10. The van der Waals surface area contributed by atoms with Crippen LogP contribution < -0.4 is 10.1 Å². The molecule has 3 heterocycles. The minimum atomic E-state index is -1.23. The average Bonchev–Trinajstić information content (AvgIpc) is 3.34. The molecule has 0 saturated carbocycles. The van der Waals surface area contributed by atoms with Gasteiger partial charge in [0, 0.05) is 58.8 Å². The number of fused-ring (bicyclic) bond motifs is 2. The van der Waals surface area contributed by atoms with Gasteiger partial charge in [-0.3, -0.25) is 4.98 Å². The molecule has 0 bridgehead atoms. The third-order valence-electron chi connectivity index (χ3n) is 6.75. The first-order valence-electron chi connectivity index (χ1n) is 12.3. The van der Waals surface area contributed by atoms with Gasteiger partial charge in [0.1, 0.15) is 11.4 Å². The number of carbonyl (C=O) groups excluding carboxylic acids is 1. The molecule has 0 spiro atoms. The fourth-order valence-electron chi connectivity index (χ4n) is 5.33. The number of para-hydroxylation sites is 1. The molecular weight excluding hydrogens is 438 g/mol. The van der Waals surface area contributed by atoms with Gasteiger partial charge in [-0.2, -0.15) is 0 Å². The summed E-state index contributed by atoms with van der Waals surface area (Å²) in [4.78, 5) is 18.1. The number of aryl methyl sites for hydroxylation is 1. The largest absolute Gasteiger partial charge is 0.493 e. The van der Waals surface area contributed by atoms with Crippen LogP contribution in [0.2, 0.25) is 0 Å². The van der Waals surface area contributed by atoms with Crippen molar-refractivity contribution in [3.05, 3.63) is 88.9 Å². The van der Waals surface area contributed by atoms with Crippen molar-refractivity contribution >= 4 is 22.6 Å². The molecule has 5 rings (SSSR count). The summed E-state index contributed by atoms with van der Waals surface area (Å²) in [5, 5.41) is 4.47. The number of rotatable bonds is 8. The van der Waals surface area contributed by atoms with Gasteiger partial charge in [0.15, 0.2) is 0 Å². The first kappa shape index (κ1) is 23.0. The van der Waals surface area contributed by atoms with Crippen LogP contribution in [0, 0.1) is 6.92 Å². The van der Waals surface area contributed by atoms with Crippen molar-refractivity contribution in [3.63, 3.8) is 0 Å². The Morgan fingerprint density at radius 1 is 1.09 bits per heavy atom. The van der Waals surface area contributed by atoms with Crippen LogP contribution in [-0.4, -0.2) is 28.7 Å². The van der Waals surface area contributed by atoms with E-state index in [0.29, 0.717) is 23.6 Å². The number of cyclic esters (lactones) is 1. The molecule has 1 aliphatic heterocycles. The summed E-state index contributed by atoms with van der Waals surface area (Å²) >= 11 is 0. The zero-order chi connectivity index (χ0) is 24.6. The molecule has 1 N–H and O–H groups in total. The van der Waals surface area contributed by atoms with Crippen LogP contribution in [-0.2, 0) is 16.9 Å². The third kappa shape index (κ3) is 3.47. The standard InChI is InChI=1S/C29H31N3O3/c1-5-16-30-20-14-15-23(25(18-20)34-7-3)29(27-22(28(33)35-29)12-10-17-31-27)26-19(4)32(6-2)24-13-9-8-11-21(24)26/h8-15,17-18,30H,5-7,16H2,1-4H3. The normalized spacial score (nSPS) is 16.9. The van der Waals surface area contributed by atoms with E-state index in [1.165, 1.54) is 0 Å². The van der Waals surface area contributed by atoms with Gasteiger partial charge >= 0.3 is 5.97 Å². The fourth-order valence-corrected chi connectivity index (χ4v) is 5.33. The summed E-state index contributed by atoms with van der Waals surface area (Å²) in [6.07, 6.45) is 2.74. The highest BCUT2D eigenvalue weighted by Crippen LogP contribution is 2.52. The highest BCUT2D eigenvalue weighted by atomic mass is 16.6. The second-order valence-electron chi connectivity index (χ2n) is 8.76. The first-order valence-corrected chi connectivity index (χ1v) is 12.3. The lowest BCUT2D eigenvalue weighted by Gasteiger charge is -2.31. The van der Waals surface area contributed by atoms with Crippen molar-refractivity contribution in [2.45, 2.75) is 46.3 Å². The molecule has 0 fully saturated rings. The van der Waals surface area contributed by atoms with Crippen LogP contribution in [0.1, 0.15) is 60.1 Å². The van der Waals surface area contributed by atoms with Gasteiger partial charge in [-0.1, -0.05) is 25.1 Å². The Morgan fingerprint density at radius 3 is 2.69 bits per heavy atom. The molecule has 1 atom stereocenters. The van der Waals surface area contributed by atoms with E-state index in [1.54, 1.807) is 18.3 Å². The number of hydrogen-bond acceptors (Lipinski definition) is 5. The lowest BCUT2D eigenvalue weighted by atomic mass is 9.80. The zero-order valence-corrected chi connectivity index (χ0v) is 20.7. The van der Waals surface area contributed by atoms with Crippen molar-refractivity contribution in [1.82, 2.24) is 9.55 Å². The van der Waals surface area contributed by atoms with Gasteiger partial charge in [-0.05, 0) is 57.5 Å². The summed E-state index contributed by atoms with van der Waals surface area (Å²) in [6.45, 7) is 10.5. The molecule has 0 saturated heterocycles. The Hall–Kier alpha value is -3.80. The van der Waals surface area contributed by atoms with E-state index in [9.17, 15) is 4.79 Å². The maximum absolute atomic E-state index is 13.3. The molecular formula is C29H31N3O3. The molecule has 180 valence electrons. The molecule has 2 aromatic carbocycles. The number of anilines is 1. The molecule has 6 nitrogen and oxygen atoms in total. The summed E-state index contributed by atoms with van der Waals surface area (Å²) in [7, 11) is 0. The average molecular weight is 470 g/mol. The molecule has 0 aliphatic carbocycles. The fraction of sp³-hybridized carbons (Fsp3) is 0.310. The Balaban J connectivity index is 1.88. The van der Waals surface area contributed by atoms with Gasteiger partial charge in [0.25, 0.3) is 0 Å². The monoisotopic (exact) mass is 469 g/mol. The Morgan fingerprint density at radius 2 is 1.91 bits per heavy atom. The lowest BCUT2D eigenvalue weighted by Crippen LogP contribution is -2.32. The van der Waals surface area contributed by atoms with Crippen molar-refractivity contribution in [2.75, 3.05) is 18.5 Å². The number of pyridine rings is 1. The summed E-state index contributed by atoms with van der Waals surface area (Å²) in [5.74, 6) is 0.295. The van der Waals surface area contributed by atoms with E-state index in [-0.39, 0.29) is 5.97 Å². The SMILES string of the molecule is CCCNc1ccc(C2(c3c(C)n(CC)c4ccccc34)OC(=O)c3cccnc32)c(OCC)c1. The number of hydrogen-bond donors (Lipinski definition) is 1. The summed E-state index contributed by atoms with van der Waals surface area (Å²) in [5.41, 5.74) is 4.65. The van der Waals surface area contributed by atoms with E-state index < -0.39 is 5.60 Å². The lowest BCUT2D eigenvalue weighted by molar-refractivity contribution is 0.0238. The van der Waals surface area contributed by atoms with E-state index >= 15 is 0 Å². The molecule has 0 radical (unpaired) electrons. The highest BCUT2D eigenvalue weighted by Gasteiger charge is 2.53. The second-order valence-corrected chi connectivity index (χ2v) is 8.76. The van der Waals surface area contributed by atoms with Gasteiger partial charge in [0.2, 0.25) is 5.60 Å². The number of nitrogens with zero attached hydrogens (tertiary/aromatic N) is 2. The number of esters is 1. The molecule has 2 aromatic heterocycles. The van der Waals surface area contributed by atoms with Crippen molar-refractivity contribution in [1.29, 1.82) is 0 Å². The van der Waals surface area contributed by atoms with E-state index in [1.807, 2.05) is 37.3 Å². The highest BCUT2D eigenvalue weighted by molar-refractivity contribution is 5.98. The minimum absolute atomic E-state index is 0.378. The van der Waals surface area contributed by atoms with Crippen LogP contribution in [0.4, 0.5) is 5.69 Å². The number of nitrogens with one attached hydrogen (secondary N) is 1. The topological polar surface area (TPSA) is 65.4 Å². The number of aromatic nitrogens is 2. The van der Waals surface area contributed by atoms with Gasteiger partial charge in [-0.15, -0.1) is 0 Å². The van der Waals surface area contributed by atoms with Crippen LogP contribution in [0.3, 0.4) is 0 Å². The van der Waals surface area contributed by atoms with E-state index in [4.69, 9.17) is 14.5 Å². The van der Waals surface area contributed by atoms with Crippen LogP contribution >= 0.6 is 0 Å². The Labute approximate surface area is 205 Å². The number of ether oxygens (including phenoxy) is 2. The summed E-state index contributed by atoms with van der Waals surface area (Å²) < 4.78 is 14.9. The molecule has 35 heavy (non-hydrogen) atoms. The van der Waals surface area contributed by atoms with Gasteiger partial charge in [-0.25, -0.2) is 4.79 Å². The Bertz CT molecular complexity index is 1410. The first-order chi connectivity index (χ1) is 17.1. The summed E-state index contributed by atoms with van der Waals surface area (Å²) in [6, 6.07) is 17.9. The van der Waals surface area contributed by atoms with Crippen LogP contribution in [0.5, 0.6) is 5.75 Å². The predicted octanol–water partition coefficient (Wildman–Crippen LogP) is 6.05. The van der Waals surface area contributed by atoms with E-state index in [2.05, 4.69) is 42.8 Å². The van der Waals surface area contributed by atoms with Crippen LogP contribution in [0.15, 0.2) is 60.8 Å².